The summed E-state index contributed by atoms with van der Waals surface area (Å²) in [7, 11) is 0. The van der Waals surface area contributed by atoms with Crippen LogP contribution in [0.15, 0.2) is 30.3 Å². The number of hydrogen-bond donors (Lipinski definition) is 11. The molecule has 14 heteroatoms. The third-order valence-corrected chi connectivity index (χ3v) is 9.11. The maximum atomic E-state index is 11.9. The molecule has 1 saturated carbocycles. The highest BCUT2D eigenvalue weighted by molar-refractivity contribution is 5.15. The zero-order chi connectivity index (χ0) is 30.1. The van der Waals surface area contributed by atoms with Crippen molar-refractivity contribution in [3.05, 3.63) is 35.9 Å². The van der Waals surface area contributed by atoms with Gasteiger partial charge in [-0.25, -0.2) is 0 Å². The van der Waals surface area contributed by atoms with Crippen molar-refractivity contribution < 1.29 is 50.0 Å². The van der Waals surface area contributed by atoms with Gasteiger partial charge < -0.3 is 72.9 Å². The van der Waals surface area contributed by atoms with Crippen LogP contribution in [0.3, 0.4) is 0 Å². The first-order valence-corrected chi connectivity index (χ1v) is 14.1. The van der Waals surface area contributed by atoms with Gasteiger partial charge in [-0.3, -0.25) is 0 Å². The second kappa shape index (κ2) is 13.5. The zero-order valence-corrected chi connectivity index (χ0v) is 22.9. The lowest BCUT2D eigenvalue weighted by atomic mass is 9.62. The number of rotatable bonds is 9. The fraction of sp³-hybridized carbons (Fsp3) is 0.778. The Morgan fingerprint density at radius 3 is 2.12 bits per heavy atom. The molecule has 0 radical (unpaired) electrons. The normalized spacial score (nSPS) is 47.3. The van der Waals surface area contributed by atoms with E-state index in [1.54, 1.807) is 0 Å². The Morgan fingerprint density at radius 2 is 1.51 bits per heavy atom. The van der Waals surface area contributed by atoms with Gasteiger partial charge in [-0.1, -0.05) is 30.3 Å². The molecule has 0 amide bonds. The molecule has 2 heterocycles. The number of hydrogen-bond acceptors (Lipinski definition) is 14. The number of ether oxygens (including phenoxy) is 3. The van der Waals surface area contributed by atoms with Gasteiger partial charge in [0.05, 0.1) is 49.8 Å². The third-order valence-electron chi connectivity index (χ3n) is 9.11. The molecule has 2 saturated heterocycles. The monoisotopic (exact) mass is 586 g/mol. The van der Waals surface area contributed by atoms with Crippen LogP contribution in [0.2, 0.25) is 0 Å². The van der Waals surface area contributed by atoms with Gasteiger partial charge in [-0.05, 0) is 12.0 Å². The molecule has 15 atom stereocenters. The number of nitrogens with two attached hydrogens (primary N) is 4. The van der Waals surface area contributed by atoms with Gasteiger partial charge in [0.15, 0.2) is 0 Å². The minimum Gasteiger partial charge on any atom is -0.396 e. The summed E-state index contributed by atoms with van der Waals surface area (Å²) >= 11 is 0. The summed E-state index contributed by atoms with van der Waals surface area (Å²) in [5.74, 6) is -3.00. The van der Waals surface area contributed by atoms with Gasteiger partial charge in [-0.2, -0.15) is 0 Å². The van der Waals surface area contributed by atoms with Crippen molar-refractivity contribution >= 4 is 0 Å². The second-order valence-corrected chi connectivity index (χ2v) is 11.6. The summed E-state index contributed by atoms with van der Waals surface area (Å²) < 4.78 is 18.2. The van der Waals surface area contributed by atoms with E-state index in [0.29, 0.717) is 0 Å². The Balaban J connectivity index is 1.74. The van der Waals surface area contributed by atoms with Crippen molar-refractivity contribution in [2.24, 2.45) is 40.7 Å². The topological polar surface area (TPSA) is 273 Å². The summed E-state index contributed by atoms with van der Waals surface area (Å²) in [6.07, 6.45) is -11.7. The molecular formula is C27H46N4O10. The van der Waals surface area contributed by atoms with Crippen LogP contribution in [-0.4, -0.2) is 128 Å². The first-order chi connectivity index (χ1) is 19.5. The quantitative estimate of drug-likeness (QED) is 0.122. The molecule has 14 nitrogen and oxygen atoms in total. The average molecular weight is 587 g/mol. The van der Waals surface area contributed by atoms with Crippen molar-refractivity contribution in [2.45, 2.75) is 92.2 Å². The molecule has 41 heavy (non-hydrogen) atoms. The van der Waals surface area contributed by atoms with Crippen molar-refractivity contribution in [3.63, 3.8) is 0 Å². The lowest BCUT2D eigenvalue weighted by Gasteiger charge is -2.57. The standard InChI is InChI=1S/C27H46N4O10/c28-9-15-22(36)23(37)19(30)24(40-15)17-14(29)8-27(31,39-11-12-4-2-1-3-5-12)26(38)18(17)25-21(35)13(6-7-32)20(34)16(10-33)41-25/h1-5,13-26,32-38H,6-11,28-31H2/t13-,14-,15+,16+,17+,18+,19+,20-,21+,22+,23+,24+,25-,26+,27-/m0/s1. The molecular weight excluding hydrogens is 540 g/mol. The second-order valence-electron chi connectivity index (χ2n) is 11.6. The van der Waals surface area contributed by atoms with Crippen molar-refractivity contribution in [1.29, 1.82) is 0 Å². The minimum atomic E-state index is -1.74. The van der Waals surface area contributed by atoms with E-state index in [-0.39, 0.29) is 32.6 Å². The highest BCUT2D eigenvalue weighted by atomic mass is 16.5. The molecule has 1 aromatic carbocycles. The molecule has 15 N–H and O–H groups in total. The van der Waals surface area contributed by atoms with E-state index >= 15 is 0 Å². The van der Waals surface area contributed by atoms with E-state index in [1.165, 1.54) is 0 Å². The molecule has 2 aliphatic heterocycles. The predicted molar refractivity (Wildman–Crippen MR) is 144 cm³/mol. The maximum absolute atomic E-state index is 11.9. The first kappa shape index (κ1) is 32.6. The van der Waals surface area contributed by atoms with Crippen LogP contribution < -0.4 is 22.9 Å². The van der Waals surface area contributed by atoms with E-state index in [4.69, 9.17) is 37.1 Å². The molecule has 1 aromatic rings. The fourth-order valence-corrected chi connectivity index (χ4v) is 6.85. The molecule has 0 bridgehead atoms. The Morgan fingerprint density at radius 1 is 0.854 bits per heavy atom. The van der Waals surface area contributed by atoms with Crippen LogP contribution >= 0.6 is 0 Å². The number of aliphatic hydroxyl groups excluding tert-OH is 7. The Hall–Kier alpha value is -1.34. The van der Waals surface area contributed by atoms with Crippen molar-refractivity contribution in [3.8, 4) is 0 Å². The van der Waals surface area contributed by atoms with Gasteiger partial charge in [0.25, 0.3) is 0 Å². The van der Waals surface area contributed by atoms with E-state index in [0.717, 1.165) is 5.56 Å². The van der Waals surface area contributed by atoms with Crippen LogP contribution in [-0.2, 0) is 20.8 Å². The summed E-state index contributed by atoms with van der Waals surface area (Å²) in [5.41, 5.74) is 24.6. The first-order valence-electron chi connectivity index (χ1n) is 14.1. The third kappa shape index (κ3) is 6.32. The Kier molecular flexibility index (Phi) is 10.7. The smallest absolute Gasteiger partial charge is 0.145 e. The average Bonchev–Trinajstić information content (AvgIpc) is 2.96. The van der Waals surface area contributed by atoms with E-state index in [2.05, 4.69) is 0 Å². The molecule has 1 aliphatic carbocycles. The zero-order valence-electron chi connectivity index (χ0n) is 22.9. The molecule has 0 unspecified atom stereocenters. The highest BCUT2D eigenvalue weighted by Gasteiger charge is 2.61. The Bertz CT molecular complexity index is 965. The van der Waals surface area contributed by atoms with Crippen LogP contribution in [0.25, 0.3) is 0 Å². The van der Waals surface area contributed by atoms with E-state index in [9.17, 15) is 35.7 Å². The summed E-state index contributed by atoms with van der Waals surface area (Å²) in [6, 6.07) is 7.11. The summed E-state index contributed by atoms with van der Waals surface area (Å²) in [5, 5.41) is 74.9. The number of aliphatic hydroxyl groups is 7. The molecule has 0 aromatic heterocycles. The summed E-state index contributed by atoms with van der Waals surface area (Å²) in [4.78, 5) is 0. The van der Waals surface area contributed by atoms with Gasteiger partial charge in [0, 0.05) is 43.4 Å². The predicted octanol–water partition coefficient (Wildman–Crippen LogP) is -4.56. The maximum Gasteiger partial charge on any atom is 0.145 e. The van der Waals surface area contributed by atoms with Crippen molar-refractivity contribution in [2.75, 3.05) is 19.8 Å². The van der Waals surface area contributed by atoms with Crippen LogP contribution in [0.5, 0.6) is 0 Å². The largest absolute Gasteiger partial charge is 0.396 e. The van der Waals surface area contributed by atoms with Gasteiger partial charge in [0.2, 0.25) is 0 Å². The van der Waals surface area contributed by atoms with Crippen LogP contribution in [0.1, 0.15) is 18.4 Å². The molecule has 4 rings (SSSR count). The van der Waals surface area contributed by atoms with Gasteiger partial charge in [-0.15, -0.1) is 0 Å². The van der Waals surface area contributed by atoms with Gasteiger partial charge in [0.1, 0.15) is 30.1 Å². The molecule has 3 aliphatic rings. The lowest BCUT2D eigenvalue weighted by molar-refractivity contribution is -0.283. The molecule has 0 spiro atoms. The van der Waals surface area contributed by atoms with Crippen LogP contribution in [0, 0.1) is 17.8 Å². The van der Waals surface area contributed by atoms with Crippen molar-refractivity contribution in [1.82, 2.24) is 0 Å². The van der Waals surface area contributed by atoms with E-state index in [1.807, 2.05) is 30.3 Å². The lowest BCUT2D eigenvalue weighted by Crippen LogP contribution is -2.75. The highest BCUT2D eigenvalue weighted by Crippen LogP contribution is 2.46. The van der Waals surface area contributed by atoms with Gasteiger partial charge >= 0.3 is 0 Å². The molecule has 3 fully saturated rings. The fourth-order valence-electron chi connectivity index (χ4n) is 6.85. The summed E-state index contributed by atoms with van der Waals surface area (Å²) in [6.45, 7) is -1.07. The number of benzene rings is 1. The SMILES string of the molecule is NC[C@H]1O[C@H]([C@H]2[C@H]([C@@H]3O[C@H](CO)[C@@H](O)[C@H](CCO)[C@H]3O)[C@@H](O)[C@@](N)(OCc3ccccc3)C[C@@H]2N)[C@H](N)[C@@H](O)[C@@H]1O. The van der Waals surface area contributed by atoms with Crippen LogP contribution in [0.4, 0.5) is 0 Å². The Labute approximate surface area is 238 Å². The minimum absolute atomic E-state index is 0.0178. The molecule has 234 valence electrons. The van der Waals surface area contributed by atoms with E-state index < -0.39 is 97.1 Å².